The predicted octanol–water partition coefficient (Wildman–Crippen LogP) is 3.48. The van der Waals surface area contributed by atoms with Crippen LogP contribution in [0.3, 0.4) is 0 Å². The smallest absolute Gasteiger partial charge is 0.280 e. The number of halogens is 3. The predicted molar refractivity (Wildman–Crippen MR) is 102 cm³/mol. The van der Waals surface area contributed by atoms with Gasteiger partial charge in [0, 0.05) is 24.7 Å². The van der Waals surface area contributed by atoms with Crippen LogP contribution < -0.4 is 0 Å². The zero-order chi connectivity index (χ0) is 21.6. The number of aromatic nitrogens is 5. The maximum absolute atomic E-state index is 14.6. The number of hydrogen-bond acceptors (Lipinski definition) is 5. The van der Waals surface area contributed by atoms with Crippen LogP contribution in [0.25, 0.3) is 5.78 Å². The van der Waals surface area contributed by atoms with E-state index in [0.29, 0.717) is 24.4 Å². The van der Waals surface area contributed by atoms with Gasteiger partial charge in [-0.3, -0.25) is 9.78 Å². The number of piperidine rings is 1. The number of pyridine rings is 1. The molecule has 2 unspecified atom stereocenters. The van der Waals surface area contributed by atoms with E-state index in [1.54, 1.807) is 11.8 Å². The Morgan fingerprint density at radius 1 is 1.23 bits per heavy atom. The first kappa shape index (κ1) is 20.2. The molecule has 0 aromatic carbocycles. The van der Waals surface area contributed by atoms with Crippen LogP contribution in [-0.2, 0) is 0 Å². The standard InChI is InChI=1S/C20H21F3N6O/c1-10-4-5-28(19(30)13-6-11(2)26-12(3)17(13)21)8-14(10)16-7-15(18(22)23)27-20-24-9-25-29(16)20/h6-7,9-10,14,18H,4-5,8H2,1-3H3. The molecule has 0 aliphatic carbocycles. The van der Waals surface area contributed by atoms with E-state index in [9.17, 15) is 18.0 Å². The third kappa shape index (κ3) is 3.50. The molecule has 30 heavy (non-hydrogen) atoms. The second kappa shape index (κ2) is 7.66. The molecule has 1 aliphatic heterocycles. The summed E-state index contributed by atoms with van der Waals surface area (Å²) in [4.78, 5) is 26.5. The van der Waals surface area contributed by atoms with E-state index >= 15 is 0 Å². The summed E-state index contributed by atoms with van der Waals surface area (Å²) >= 11 is 0. The number of rotatable bonds is 3. The maximum atomic E-state index is 14.6. The third-order valence-corrected chi connectivity index (χ3v) is 5.63. The minimum atomic E-state index is -2.75. The minimum absolute atomic E-state index is 0.0257. The van der Waals surface area contributed by atoms with Gasteiger partial charge in [-0.1, -0.05) is 6.92 Å². The molecule has 4 heterocycles. The summed E-state index contributed by atoms with van der Waals surface area (Å²) in [6.07, 6.45) is -0.849. The molecular weight excluding hydrogens is 397 g/mol. The van der Waals surface area contributed by atoms with Crippen molar-refractivity contribution in [2.24, 2.45) is 5.92 Å². The Morgan fingerprint density at radius 2 is 2.00 bits per heavy atom. The van der Waals surface area contributed by atoms with E-state index in [2.05, 4.69) is 20.1 Å². The number of carbonyl (C=O) groups is 1. The summed E-state index contributed by atoms with van der Waals surface area (Å²) < 4.78 is 42.7. The summed E-state index contributed by atoms with van der Waals surface area (Å²) in [5.74, 6) is -1.16. The highest BCUT2D eigenvalue weighted by Crippen LogP contribution is 2.34. The quantitative estimate of drug-likeness (QED) is 0.651. The van der Waals surface area contributed by atoms with Crippen molar-refractivity contribution in [1.29, 1.82) is 0 Å². The summed E-state index contributed by atoms with van der Waals surface area (Å²) in [5.41, 5.74) is 0.828. The second-order valence-corrected chi connectivity index (χ2v) is 7.71. The van der Waals surface area contributed by atoms with Crippen LogP contribution in [0, 0.1) is 25.6 Å². The van der Waals surface area contributed by atoms with Gasteiger partial charge in [0.1, 0.15) is 12.0 Å². The number of amides is 1. The molecule has 2 atom stereocenters. The number of carbonyl (C=O) groups excluding carboxylic acids is 1. The molecule has 0 bridgehead atoms. The average Bonchev–Trinajstić information content (AvgIpc) is 3.18. The van der Waals surface area contributed by atoms with Crippen LogP contribution in [0.1, 0.15) is 58.8 Å². The Bertz CT molecular complexity index is 1120. The van der Waals surface area contributed by atoms with Crippen molar-refractivity contribution >= 4 is 11.7 Å². The van der Waals surface area contributed by atoms with Gasteiger partial charge in [0.05, 0.1) is 17.0 Å². The van der Waals surface area contributed by atoms with Gasteiger partial charge in [0.25, 0.3) is 18.1 Å². The van der Waals surface area contributed by atoms with Gasteiger partial charge in [-0.2, -0.15) is 10.1 Å². The summed E-state index contributed by atoms with van der Waals surface area (Å²) in [6, 6.07) is 2.76. The molecule has 3 aromatic heterocycles. The molecule has 10 heteroatoms. The third-order valence-electron chi connectivity index (χ3n) is 5.63. The lowest BCUT2D eigenvalue weighted by Crippen LogP contribution is -2.43. The molecule has 0 spiro atoms. The minimum Gasteiger partial charge on any atom is -0.338 e. The first-order valence-corrected chi connectivity index (χ1v) is 9.68. The van der Waals surface area contributed by atoms with Crippen LogP contribution in [0.4, 0.5) is 13.2 Å². The molecule has 1 saturated heterocycles. The molecule has 158 valence electrons. The van der Waals surface area contributed by atoms with Crippen molar-refractivity contribution in [3.8, 4) is 0 Å². The fraction of sp³-hybridized carbons (Fsp3) is 0.450. The highest BCUT2D eigenvalue weighted by molar-refractivity contribution is 5.94. The van der Waals surface area contributed by atoms with E-state index in [0.717, 1.165) is 0 Å². The average molecular weight is 418 g/mol. The van der Waals surface area contributed by atoms with E-state index in [4.69, 9.17) is 0 Å². The first-order chi connectivity index (χ1) is 14.3. The van der Waals surface area contributed by atoms with Gasteiger partial charge >= 0.3 is 0 Å². The molecule has 0 radical (unpaired) electrons. The number of alkyl halides is 2. The maximum Gasteiger partial charge on any atom is 0.280 e. The topological polar surface area (TPSA) is 76.3 Å². The highest BCUT2D eigenvalue weighted by atomic mass is 19.3. The lowest BCUT2D eigenvalue weighted by Gasteiger charge is -2.37. The molecule has 1 aliphatic rings. The Hall–Kier alpha value is -3.04. The van der Waals surface area contributed by atoms with Crippen molar-refractivity contribution in [1.82, 2.24) is 29.5 Å². The zero-order valence-electron chi connectivity index (χ0n) is 16.8. The van der Waals surface area contributed by atoms with Gasteiger partial charge < -0.3 is 4.90 Å². The lowest BCUT2D eigenvalue weighted by molar-refractivity contribution is 0.0660. The Morgan fingerprint density at radius 3 is 2.73 bits per heavy atom. The Labute approximate surface area is 171 Å². The van der Waals surface area contributed by atoms with Gasteiger partial charge in [0.2, 0.25) is 0 Å². The van der Waals surface area contributed by atoms with E-state index in [1.807, 2.05) is 6.92 Å². The van der Waals surface area contributed by atoms with Crippen LogP contribution in [0.2, 0.25) is 0 Å². The van der Waals surface area contributed by atoms with Crippen molar-refractivity contribution in [3.05, 3.63) is 52.6 Å². The Balaban J connectivity index is 1.71. The molecule has 0 saturated carbocycles. The van der Waals surface area contributed by atoms with Crippen LogP contribution in [0.15, 0.2) is 18.5 Å². The number of likely N-dealkylation sites (tertiary alicyclic amines) is 1. The summed E-state index contributed by atoms with van der Waals surface area (Å²) in [5, 5.41) is 4.12. The SMILES string of the molecule is Cc1cc(C(=O)N2CCC(C)C(c3cc(C(F)F)nc4ncnn34)C2)c(F)c(C)n1. The highest BCUT2D eigenvalue weighted by Gasteiger charge is 2.34. The van der Waals surface area contributed by atoms with E-state index < -0.39 is 18.1 Å². The molecule has 0 N–H and O–H groups in total. The van der Waals surface area contributed by atoms with Crippen molar-refractivity contribution < 1.29 is 18.0 Å². The molecule has 3 aromatic rings. The molecule has 4 rings (SSSR count). The van der Waals surface area contributed by atoms with Crippen LogP contribution >= 0.6 is 0 Å². The normalized spacial score (nSPS) is 19.6. The number of fused-ring (bicyclic) bond motifs is 1. The Kier molecular flexibility index (Phi) is 5.17. The molecular formula is C20H21F3N6O. The van der Waals surface area contributed by atoms with E-state index in [1.165, 1.54) is 29.9 Å². The fourth-order valence-corrected chi connectivity index (χ4v) is 4.01. The van der Waals surface area contributed by atoms with Gasteiger partial charge in [-0.15, -0.1) is 0 Å². The van der Waals surface area contributed by atoms with Crippen molar-refractivity contribution in [3.63, 3.8) is 0 Å². The summed E-state index contributed by atoms with van der Waals surface area (Å²) in [7, 11) is 0. The molecule has 1 fully saturated rings. The molecule has 1 amide bonds. The van der Waals surface area contributed by atoms with Gasteiger partial charge in [-0.25, -0.2) is 22.7 Å². The van der Waals surface area contributed by atoms with Crippen LogP contribution in [0.5, 0.6) is 0 Å². The van der Waals surface area contributed by atoms with Gasteiger partial charge in [0.15, 0.2) is 5.82 Å². The van der Waals surface area contributed by atoms with Crippen molar-refractivity contribution in [2.75, 3.05) is 13.1 Å². The number of nitrogens with zero attached hydrogens (tertiary/aromatic N) is 6. The summed E-state index contributed by atoms with van der Waals surface area (Å²) in [6.45, 7) is 5.92. The van der Waals surface area contributed by atoms with Crippen LogP contribution in [-0.4, -0.2) is 48.5 Å². The number of hydrogen-bond donors (Lipinski definition) is 0. The monoisotopic (exact) mass is 418 g/mol. The van der Waals surface area contributed by atoms with Crippen molar-refractivity contribution in [2.45, 2.75) is 39.5 Å². The molecule has 7 nitrogen and oxygen atoms in total. The fourth-order valence-electron chi connectivity index (χ4n) is 4.01. The zero-order valence-corrected chi connectivity index (χ0v) is 16.8. The number of aryl methyl sites for hydroxylation is 2. The lowest BCUT2D eigenvalue weighted by atomic mass is 9.84. The first-order valence-electron chi connectivity index (χ1n) is 9.68. The second-order valence-electron chi connectivity index (χ2n) is 7.71. The van der Waals surface area contributed by atoms with E-state index in [-0.39, 0.29) is 41.1 Å². The van der Waals surface area contributed by atoms with Gasteiger partial charge in [-0.05, 0) is 38.3 Å². The largest absolute Gasteiger partial charge is 0.338 e.